The molecule has 0 spiro atoms. The number of rotatable bonds is 6. The average molecular weight is 378 g/mol. The summed E-state index contributed by atoms with van der Waals surface area (Å²) in [7, 11) is 0. The molecule has 0 unspecified atom stereocenters. The Bertz CT molecular complexity index is 788. The first-order valence-corrected chi connectivity index (χ1v) is 10.1. The molecule has 0 radical (unpaired) electrons. The highest BCUT2D eigenvalue weighted by atomic mass is 16.2. The van der Waals surface area contributed by atoms with Crippen LogP contribution in [0.15, 0.2) is 54.6 Å². The Morgan fingerprint density at radius 3 is 2.29 bits per heavy atom. The van der Waals surface area contributed by atoms with Crippen LogP contribution in [-0.4, -0.2) is 54.5 Å². The van der Waals surface area contributed by atoms with Crippen LogP contribution < -0.4 is 5.32 Å². The van der Waals surface area contributed by atoms with E-state index in [1.807, 2.05) is 45.0 Å². The van der Waals surface area contributed by atoms with Gasteiger partial charge in [0, 0.05) is 38.4 Å². The average Bonchev–Trinajstić information content (AvgIpc) is 2.71. The quantitative estimate of drug-likeness (QED) is 0.828. The predicted octanol–water partition coefficient (Wildman–Crippen LogP) is 3.96. The maximum absolute atomic E-state index is 12.7. The predicted molar refractivity (Wildman–Crippen MR) is 117 cm³/mol. The highest BCUT2D eigenvalue weighted by molar-refractivity contribution is 5.95. The molecule has 0 aliphatic carbocycles. The van der Waals surface area contributed by atoms with Crippen LogP contribution in [0.1, 0.15) is 23.6 Å². The van der Waals surface area contributed by atoms with Crippen molar-refractivity contribution in [3.8, 4) is 0 Å². The third kappa shape index (κ3) is 5.31. The molecule has 1 amide bonds. The van der Waals surface area contributed by atoms with Gasteiger partial charge >= 0.3 is 0 Å². The molecule has 28 heavy (non-hydrogen) atoms. The number of amides is 1. The van der Waals surface area contributed by atoms with E-state index in [9.17, 15) is 4.79 Å². The monoisotopic (exact) mass is 377 g/mol. The fourth-order valence-corrected chi connectivity index (χ4v) is 3.64. The minimum absolute atomic E-state index is 0.0785. The number of hydrogen-bond acceptors (Lipinski definition) is 3. The van der Waals surface area contributed by atoms with Crippen LogP contribution in [0.4, 0.5) is 5.69 Å². The van der Waals surface area contributed by atoms with Crippen LogP contribution in [0.5, 0.6) is 0 Å². The van der Waals surface area contributed by atoms with Gasteiger partial charge in [0.05, 0.1) is 6.04 Å². The fraction of sp³-hybridized carbons (Fsp3) is 0.375. The normalized spacial score (nSPS) is 17.0. The number of carbonyl (C=O) groups excluding carboxylic acids is 1. The number of para-hydroxylation sites is 1. The van der Waals surface area contributed by atoms with E-state index < -0.39 is 0 Å². The van der Waals surface area contributed by atoms with Crippen molar-refractivity contribution in [2.24, 2.45) is 0 Å². The minimum Gasteiger partial charge on any atom is -0.324 e. The molecule has 148 valence electrons. The molecule has 1 N–H and O–H groups in total. The van der Waals surface area contributed by atoms with E-state index in [0.29, 0.717) is 0 Å². The zero-order chi connectivity index (χ0) is 19.9. The Morgan fingerprint density at radius 2 is 1.64 bits per heavy atom. The summed E-state index contributed by atoms with van der Waals surface area (Å²) in [5.74, 6) is 0.0785. The van der Waals surface area contributed by atoms with E-state index in [1.54, 1.807) is 0 Å². The molecule has 4 heteroatoms. The summed E-state index contributed by atoms with van der Waals surface area (Å²) in [6, 6.07) is 16.4. The van der Waals surface area contributed by atoms with Crippen molar-refractivity contribution in [3.05, 3.63) is 71.3 Å². The molecular weight excluding hydrogens is 346 g/mol. The summed E-state index contributed by atoms with van der Waals surface area (Å²) in [4.78, 5) is 17.5. The Hall–Kier alpha value is -2.43. The van der Waals surface area contributed by atoms with Gasteiger partial charge in [-0.25, -0.2) is 0 Å². The van der Waals surface area contributed by atoms with Crippen LogP contribution in [0, 0.1) is 13.8 Å². The van der Waals surface area contributed by atoms with Crippen molar-refractivity contribution in [1.82, 2.24) is 9.80 Å². The van der Waals surface area contributed by atoms with Crippen LogP contribution in [0.25, 0.3) is 6.08 Å². The molecule has 1 aliphatic heterocycles. The smallest absolute Gasteiger partial charge is 0.241 e. The fourth-order valence-electron chi connectivity index (χ4n) is 3.64. The number of nitrogens with one attached hydrogen (secondary N) is 1. The summed E-state index contributed by atoms with van der Waals surface area (Å²) in [5.41, 5.74) is 4.40. The lowest BCUT2D eigenvalue weighted by Gasteiger charge is -2.37. The van der Waals surface area contributed by atoms with E-state index in [0.717, 1.165) is 49.5 Å². The SMILES string of the molecule is Cc1cccc(C)c1NC(=O)[C@H](C)N1CCN(C/C=C/c2ccccc2)CC1. The van der Waals surface area contributed by atoms with Gasteiger partial charge < -0.3 is 5.32 Å². The number of nitrogens with zero attached hydrogens (tertiary/aromatic N) is 2. The first-order valence-electron chi connectivity index (χ1n) is 10.1. The van der Waals surface area contributed by atoms with Gasteiger partial charge in [-0.15, -0.1) is 0 Å². The molecular formula is C24H31N3O. The molecule has 4 nitrogen and oxygen atoms in total. The van der Waals surface area contributed by atoms with Gasteiger partial charge in [-0.2, -0.15) is 0 Å². The van der Waals surface area contributed by atoms with Gasteiger partial charge in [0.25, 0.3) is 0 Å². The molecule has 0 saturated carbocycles. The summed E-state index contributed by atoms with van der Waals surface area (Å²) >= 11 is 0. The van der Waals surface area contributed by atoms with Gasteiger partial charge in [-0.05, 0) is 37.5 Å². The van der Waals surface area contributed by atoms with E-state index in [1.165, 1.54) is 5.56 Å². The first-order chi connectivity index (χ1) is 13.5. The Morgan fingerprint density at radius 1 is 1.00 bits per heavy atom. The number of aryl methyl sites for hydroxylation is 2. The van der Waals surface area contributed by atoms with Crippen molar-refractivity contribution >= 4 is 17.7 Å². The molecule has 1 atom stereocenters. The van der Waals surface area contributed by atoms with Gasteiger partial charge in [-0.3, -0.25) is 14.6 Å². The Kier molecular flexibility index (Phi) is 7.01. The van der Waals surface area contributed by atoms with Gasteiger partial charge in [0.1, 0.15) is 0 Å². The lowest BCUT2D eigenvalue weighted by molar-refractivity contribution is -0.121. The van der Waals surface area contributed by atoms with E-state index >= 15 is 0 Å². The van der Waals surface area contributed by atoms with Crippen molar-refractivity contribution in [2.75, 3.05) is 38.0 Å². The molecule has 1 heterocycles. The van der Waals surface area contributed by atoms with E-state index in [4.69, 9.17) is 0 Å². The van der Waals surface area contributed by atoms with Gasteiger partial charge in [0.15, 0.2) is 0 Å². The highest BCUT2D eigenvalue weighted by Gasteiger charge is 2.25. The standard InChI is InChI=1S/C24H31N3O/c1-19-9-7-10-20(2)23(19)25-24(28)21(3)27-17-15-26(16-18-27)14-8-13-22-11-5-4-6-12-22/h4-13,21H,14-18H2,1-3H3,(H,25,28)/b13-8+/t21-/m0/s1. The summed E-state index contributed by atoms with van der Waals surface area (Å²) in [5, 5.41) is 3.13. The second kappa shape index (κ2) is 9.67. The molecule has 0 bridgehead atoms. The van der Waals surface area contributed by atoms with Crippen molar-refractivity contribution in [2.45, 2.75) is 26.8 Å². The summed E-state index contributed by atoms with van der Waals surface area (Å²) in [6.45, 7) is 10.8. The van der Waals surface area contributed by atoms with Crippen LogP contribution in [0.2, 0.25) is 0 Å². The summed E-state index contributed by atoms with van der Waals surface area (Å²) in [6.07, 6.45) is 4.40. The molecule has 1 aliphatic rings. The van der Waals surface area contributed by atoms with E-state index in [2.05, 4.69) is 51.5 Å². The first kappa shape index (κ1) is 20.3. The van der Waals surface area contributed by atoms with Crippen LogP contribution >= 0.6 is 0 Å². The van der Waals surface area contributed by atoms with Crippen molar-refractivity contribution in [1.29, 1.82) is 0 Å². The topological polar surface area (TPSA) is 35.6 Å². The number of anilines is 1. The number of benzene rings is 2. The lowest BCUT2D eigenvalue weighted by Crippen LogP contribution is -2.52. The zero-order valence-electron chi connectivity index (χ0n) is 17.2. The van der Waals surface area contributed by atoms with Crippen molar-refractivity contribution < 1.29 is 4.79 Å². The molecule has 1 fully saturated rings. The Labute approximate surface area is 168 Å². The Balaban J connectivity index is 1.47. The van der Waals surface area contributed by atoms with Crippen LogP contribution in [0.3, 0.4) is 0 Å². The largest absolute Gasteiger partial charge is 0.324 e. The molecule has 3 rings (SSSR count). The maximum atomic E-state index is 12.7. The zero-order valence-corrected chi connectivity index (χ0v) is 17.2. The van der Waals surface area contributed by atoms with Crippen LogP contribution in [-0.2, 0) is 4.79 Å². The lowest BCUT2D eigenvalue weighted by atomic mass is 10.1. The summed E-state index contributed by atoms with van der Waals surface area (Å²) < 4.78 is 0. The van der Waals surface area contributed by atoms with Gasteiger partial charge in [-0.1, -0.05) is 60.7 Å². The number of hydrogen-bond donors (Lipinski definition) is 1. The number of piperazine rings is 1. The highest BCUT2D eigenvalue weighted by Crippen LogP contribution is 2.20. The van der Waals surface area contributed by atoms with Crippen molar-refractivity contribution in [3.63, 3.8) is 0 Å². The number of carbonyl (C=O) groups is 1. The van der Waals surface area contributed by atoms with Gasteiger partial charge in [0.2, 0.25) is 5.91 Å². The molecule has 2 aromatic rings. The second-order valence-electron chi connectivity index (χ2n) is 7.58. The molecule has 1 saturated heterocycles. The molecule has 0 aromatic heterocycles. The third-order valence-electron chi connectivity index (χ3n) is 5.54. The minimum atomic E-state index is -0.124. The maximum Gasteiger partial charge on any atom is 0.241 e. The molecule has 2 aromatic carbocycles. The van der Waals surface area contributed by atoms with E-state index in [-0.39, 0.29) is 11.9 Å². The third-order valence-corrected chi connectivity index (χ3v) is 5.54. The second-order valence-corrected chi connectivity index (χ2v) is 7.58.